The maximum absolute atomic E-state index is 12.4. The summed E-state index contributed by atoms with van der Waals surface area (Å²) in [5, 5.41) is 1.28. The fraction of sp³-hybridized carbons (Fsp3) is 0.429. The van der Waals surface area contributed by atoms with Gasteiger partial charge in [0.2, 0.25) is 0 Å². The molecule has 2 amide bonds. The molecule has 0 aliphatic carbocycles. The van der Waals surface area contributed by atoms with Gasteiger partial charge in [-0.2, -0.15) is 0 Å². The molecule has 19 heavy (non-hydrogen) atoms. The highest BCUT2D eigenvalue weighted by atomic mass is 16.6. The third-order valence-electron chi connectivity index (χ3n) is 2.37. The predicted octanol–water partition coefficient (Wildman–Crippen LogP) is 2.59. The molecule has 0 unspecified atom stereocenters. The average Bonchev–Trinajstić information content (AvgIpc) is 2.35. The minimum atomic E-state index is -0.637. The van der Waals surface area contributed by atoms with E-state index in [1.54, 1.807) is 31.2 Å². The van der Waals surface area contributed by atoms with Crippen LogP contribution >= 0.6 is 0 Å². The van der Waals surface area contributed by atoms with E-state index in [1.165, 1.54) is 5.01 Å². The fourth-order valence-corrected chi connectivity index (χ4v) is 1.49. The molecule has 1 aromatic carbocycles. The smallest absolute Gasteiger partial charge is 0.426 e. The predicted molar refractivity (Wildman–Crippen MR) is 72.5 cm³/mol. The Labute approximate surface area is 113 Å². The molecule has 104 valence electrons. The summed E-state index contributed by atoms with van der Waals surface area (Å²) in [5.74, 6) is -0.277. The first-order chi connectivity index (χ1) is 8.86. The van der Waals surface area contributed by atoms with Gasteiger partial charge in [0.1, 0.15) is 0 Å². The first kappa shape index (κ1) is 15.0. The van der Waals surface area contributed by atoms with Crippen LogP contribution in [0.3, 0.4) is 0 Å². The minimum absolute atomic E-state index is 0.253. The van der Waals surface area contributed by atoms with Crippen molar-refractivity contribution >= 4 is 12.0 Å². The Morgan fingerprint density at radius 3 is 2.26 bits per heavy atom. The van der Waals surface area contributed by atoms with E-state index >= 15 is 0 Å². The van der Waals surface area contributed by atoms with Crippen molar-refractivity contribution in [3.8, 4) is 0 Å². The molecule has 0 saturated carbocycles. The summed E-state index contributed by atoms with van der Waals surface area (Å²) in [7, 11) is 0. The summed E-state index contributed by atoms with van der Waals surface area (Å²) >= 11 is 0. The van der Waals surface area contributed by atoms with Gasteiger partial charge in [0.05, 0.1) is 12.1 Å². The zero-order valence-electron chi connectivity index (χ0n) is 11.8. The number of rotatable bonds is 2. The number of nitrogens with zero attached hydrogens (tertiary/aromatic N) is 1. The van der Waals surface area contributed by atoms with Crippen molar-refractivity contribution < 1.29 is 14.3 Å². The van der Waals surface area contributed by atoms with E-state index in [2.05, 4.69) is 5.43 Å². The van der Waals surface area contributed by atoms with Crippen molar-refractivity contribution in [1.82, 2.24) is 10.4 Å². The lowest BCUT2D eigenvalue weighted by Crippen LogP contribution is -2.56. The molecular formula is C14H20N2O3. The van der Waals surface area contributed by atoms with Crippen LogP contribution in [0.1, 0.15) is 38.1 Å². The first-order valence-corrected chi connectivity index (χ1v) is 6.19. The van der Waals surface area contributed by atoms with Crippen LogP contribution in [0.25, 0.3) is 0 Å². The zero-order chi connectivity index (χ0) is 14.5. The van der Waals surface area contributed by atoms with Gasteiger partial charge in [0, 0.05) is 5.56 Å². The van der Waals surface area contributed by atoms with Gasteiger partial charge in [0.15, 0.2) is 0 Å². The molecule has 0 radical (unpaired) electrons. The second-order valence-corrected chi connectivity index (χ2v) is 5.01. The highest BCUT2D eigenvalue weighted by Crippen LogP contribution is 2.15. The molecule has 0 atom stereocenters. The van der Waals surface area contributed by atoms with Gasteiger partial charge in [-0.1, -0.05) is 18.2 Å². The largest absolute Gasteiger partial charge is 0.449 e. The first-order valence-electron chi connectivity index (χ1n) is 6.19. The number of carbonyl (C=O) groups excluding carboxylic acids is 2. The summed E-state index contributed by atoms with van der Waals surface area (Å²) < 4.78 is 4.81. The van der Waals surface area contributed by atoms with Crippen molar-refractivity contribution in [2.24, 2.45) is 0 Å². The van der Waals surface area contributed by atoms with Gasteiger partial charge < -0.3 is 4.74 Å². The molecule has 1 aromatic rings. The normalized spacial score (nSPS) is 10.7. The van der Waals surface area contributed by atoms with Gasteiger partial charge >= 0.3 is 6.09 Å². The lowest BCUT2D eigenvalue weighted by Gasteiger charge is -2.35. The summed E-state index contributed by atoms with van der Waals surface area (Å²) in [6.07, 6.45) is -0.637. The third-order valence-corrected chi connectivity index (χ3v) is 2.37. The van der Waals surface area contributed by atoms with Crippen LogP contribution < -0.4 is 5.43 Å². The van der Waals surface area contributed by atoms with E-state index in [-0.39, 0.29) is 12.5 Å². The van der Waals surface area contributed by atoms with Crippen molar-refractivity contribution in [2.75, 3.05) is 6.61 Å². The van der Waals surface area contributed by atoms with E-state index in [1.807, 2.05) is 26.8 Å². The maximum atomic E-state index is 12.4. The second-order valence-electron chi connectivity index (χ2n) is 5.01. The number of ether oxygens (including phenoxy) is 1. The zero-order valence-corrected chi connectivity index (χ0v) is 11.8. The van der Waals surface area contributed by atoms with E-state index in [0.717, 1.165) is 0 Å². The van der Waals surface area contributed by atoms with Gasteiger partial charge in [-0.15, -0.1) is 0 Å². The van der Waals surface area contributed by atoms with E-state index in [9.17, 15) is 9.59 Å². The Balaban J connectivity index is 2.92. The molecule has 5 nitrogen and oxygen atoms in total. The number of amides is 2. The molecule has 1 N–H and O–H groups in total. The quantitative estimate of drug-likeness (QED) is 0.835. The van der Waals surface area contributed by atoms with Crippen LogP contribution in [0.15, 0.2) is 30.3 Å². The monoisotopic (exact) mass is 264 g/mol. The second kappa shape index (κ2) is 6.22. The van der Waals surface area contributed by atoms with Crippen molar-refractivity contribution in [3.63, 3.8) is 0 Å². The molecule has 0 aliphatic heterocycles. The summed E-state index contributed by atoms with van der Waals surface area (Å²) in [4.78, 5) is 23.9. The number of hydrogen-bond donors (Lipinski definition) is 1. The Morgan fingerprint density at radius 2 is 1.79 bits per heavy atom. The molecule has 0 aliphatic rings. The van der Waals surface area contributed by atoms with Crippen LogP contribution in [0, 0.1) is 0 Å². The molecule has 0 bridgehead atoms. The SMILES string of the molecule is CCOC(=O)NN(C(=O)c1ccccc1)C(C)(C)C. The fourth-order valence-electron chi connectivity index (χ4n) is 1.49. The molecule has 0 spiro atoms. The Kier molecular flexibility index (Phi) is 4.92. The van der Waals surface area contributed by atoms with Crippen LogP contribution in [-0.4, -0.2) is 29.2 Å². The van der Waals surface area contributed by atoms with Crippen LogP contribution in [-0.2, 0) is 4.74 Å². The Bertz CT molecular complexity index is 438. The topological polar surface area (TPSA) is 58.6 Å². The Morgan fingerprint density at radius 1 is 1.21 bits per heavy atom. The van der Waals surface area contributed by atoms with Gasteiger partial charge in [-0.3, -0.25) is 4.79 Å². The highest BCUT2D eigenvalue weighted by Gasteiger charge is 2.29. The highest BCUT2D eigenvalue weighted by molar-refractivity contribution is 5.95. The van der Waals surface area contributed by atoms with Gasteiger partial charge in [0.25, 0.3) is 5.91 Å². The van der Waals surface area contributed by atoms with Crippen LogP contribution in [0.5, 0.6) is 0 Å². The summed E-state index contributed by atoms with van der Waals surface area (Å²) in [6.45, 7) is 7.46. The molecule has 0 aromatic heterocycles. The molecular weight excluding hydrogens is 244 g/mol. The van der Waals surface area contributed by atoms with Crippen molar-refractivity contribution in [3.05, 3.63) is 35.9 Å². The van der Waals surface area contributed by atoms with Crippen LogP contribution in [0.4, 0.5) is 4.79 Å². The molecule has 0 heterocycles. The molecule has 5 heteroatoms. The molecule has 0 fully saturated rings. The molecule has 0 saturated heterocycles. The summed E-state index contributed by atoms with van der Waals surface area (Å²) in [6, 6.07) is 8.79. The number of nitrogens with one attached hydrogen (secondary N) is 1. The van der Waals surface area contributed by atoms with E-state index < -0.39 is 11.6 Å². The minimum Gasteiger partial charge on any atom is -0.449 e. The Hall–Kier alpha value is -2.04. The average molecular weight is 264 g/mol. The standard InChI is InChI=1S/C14H20N2O3/c1-5-19-13(18)15-16(14(2,3)4)12(17)11-9-7-6-8-10-11/h6-10H,5H2,1-4H3,(H,15,18). The lowest BCUT2D eigenvalue weighted by molar-refractivity contribution is 0.0358. The summed E-state index contributed by atoms with van der Waals surface area (Å²) in [5.41, 5.74) is 2.43. The molecule has 1 rings (SSSR count). The van der Waals surface area contributed by atoms with Crippen molar-refractivity contribution in [1.29, 1.82) is 0 Å². The van der Waals surface area contributed by atoms with E-state index in [4.69, 9.17) is 4.74 Å². The van der Waals surface area contributed by atoms with E-state index in [0.29, 0.717) is 5.56 Å². The third kappa shape index (κ3) is 4.28. The van der Waals surface area contributed by atoms with Crippen LogP contribution in [0.2, 0.25) is 0 Å². The number of carbonyl (C=O) groups is 2. The number of hydrazine groups is 1. The number of hydrogen-bond acceptors (Lipinski definition) is 3. The van der Waals surface area contributed by atoms with Gasteiger partial charge in [-0.05, 0) is 39.8 Å². The number of benzene rings is 1. The van der Waals surface area contributed by atoms with Crippen molar-refractivity contribution in [2.45, 2.75) is 33.2 Å². The maximum Gasteiger partial charge on any atom is 0.426 e. The lowest BCUT2D eigenvalue weighted by atomic mass is 10.1. The van der Waals surface area contributed by atoms with Gasteiger partial charge in [-0.25, -0.2) is 15.2 Å².